The van der Waals surface area contributed by atoms with Crippen molar-refractivity contribution >= 4 is 33.4 Å². The maximum atomic E-state index is 13.1. The monoisotopic (exact) mass is 461 g/mol. The molecule has 0 aromatic heterocycles. The van der Waals surface area contributed by atoms with Gasteiger partial charge < -0.3 is 10.4 Å². The molecule has 2 N–H and O–H groups in total. The molecule has 3 rings (SSSR count). The van der Waals surface area contributed by atoms with Crippen molar-refractivity contribution < 1.29 is 23.1 Å². The highest BCUT2D eigenvalue weighted by Crippen LogP contribution is 2.32. The van der Waals surface area contributed by atoms with Crippen LogP contribution in [0.15, 0.2) is 59.5 Å². The van der Waals surface area contributed by atoms with Crippen LogP contribution in [0.2, 0.25) is 5.02 Å². The van der Waals surface area contributed by atoms with Gasteiger partial charge in [-0.2, -0.15) is 5.26 Å². The number of halogens is 1. The van der Waals surface area contributed by atoms with Crippen LogP contribution in [0.5, 0.6) is 0 Å². The van der Waals surface area contributed by atoms with Crippen LogP contribution in [0.4, 0.5) is 4.79 Å². The van der Waals surface area contributed by atoms with Gasteiger partial charge in [-0.1, -0.05) is 54.1 Å². The molecule has 1 aliphatic rings. The van der Waals surface area contributed by atoms with Crippen molar-refractivity contribution in [3.63, 3.8) is 0 Å². The third kappa shape index (κ3) is 4.36. The lowest BCUT2D eigenvalue weighted by molar-refractivity contribution is -0.126. The number of nitrogens with zero attached hydrogens (tertiary/aromatic N) is 2. The molecule has 1 unspecified atom stereocenters. The van der Waals surface area contributed by atoms with E-state index in [2.05, 4.69) is 5.32 Å². The second kappa shape index (κ2) is 8.57. The number of benzene rings is 2. The van der Waals surface area contributed by atoms with E-state index in [1.165, 1.54) is 25.1 Å². The lowest BCUT2D eigenvalue weighted by Crippen LogP contribution is -2.51. The molecule has 0 saturated carbocycles. The van der Waals surface area contributed by atoms with Gasteiger partial charge in [0.15, 0.2) is 9.84 Å². The van der Waals surface area contributed by atoms with Gasteiger partial charge in [-0.25, -0.2) is 13.2 Å². The van der Waals surface area contributed by atoms with Gasteiger partial charge in [0, 0.05) is 6.54 Å². The Bertz CT molecular complexity index is 1150. The first-order chi connectivity index (χ1) is 14.6. The van der Waals surface area contributed by atoms with Crippen molar-refractivity contribution in [2.45, 2.75) is 35.1 Å². The molecule has 2 amide bonds. The maximum absolute atomic E-state index is 13.1. The van der Waals surface area contributed by atoms with Gasteiger partial charge in [0.2, 0.25) is 5.91 Å². The number of carboxylic acid groups (broad SMARTS) is 1. The molecule has 0 radical (unpaired) electrons. The summed E-state index contributed by atoms with van der Waals surface area (Å²) in [5.74, 6) is -0.743. The molecule has 31 heavy (non-hydrogen) atoms. The zero-order valence-corrected chi connectivity index (χ0v) is 18.1. The Labute approximate surface area is 185 Å². The van der Waals surface area contributed by atoms with Gasteiger partial charge in [-0.05, 0) is 31.0 Å². The predicted octanol–water partition coefficient (Wildman–Crippen LogP) is 2.79. The first-order valence-electron chi connectivity index (χ1n) is 9.37. The minimum atomic E-state index is -3.99. The smallest absolute Gasteiger partial charge is 0.408 e. The Morgan fingerprint density at radius 3 is 2.39 bits per heavy atom. The summed E-state index contributed by atoms with van der Waals surface area (Å²) >= 11 is 6.03. The molecule has 0 spiro atoms. The van der Waals surface area contributed by atoms with E-state index in [9.17, 15) is 28.4 Å². The van der Waals surface area contributed by atoms with Crippen molar-refractivity contribution in [3.05, 3.63) is 65.2 Å². The SMILES string of the molecule is CC(C#N)(NC(=O)[C@@H]1C[C@@H](S(=O)(=O)c2ccccc2Cl)CN1C(=O)O)c1ccccc1. The molecule has 1 aliphatic heterocycles. The highest BCUT2D eigenvalue weighted by Gasteiger charge is 2.47. The number of hydrogen-bond acceptors (Lipinski definition) is 5. The van der Waals surface area contributed by atoms with Crippen LogP contribution < -0.4 is 5.32 Å². The third-order valence-corrected chi connectivity index (χ3v) is 7.97. The maximum Gasteiger partial charge on any atom is 0.408 e. The van der Waals surface area contributed by atoms with Gasteiger partial charge in [0.25, 0.3) is 0 Å². The van der Waals surface area contributed by atoms with E-state index < -0.39 is 38.7 Å². The van der Waals surface area contributed by atoms with E-state index in [4.69, 9.17) is 11.6 Å². The first kappa shape index (κ1) is 22.6. The number of nitrogens with one attached hydrogen (secondary N) is 1. The lowest BCUT2D eigenvalue weighted by atomic mass is 9.93. The van der Waals surface area contributed by atoms with Crippen LogP contribution in [-0.2, 0) is 20.2 Å². The topological polar surface area (TPSA) is 128 Å². The van der Waals surface area contributed by atoms with Crippen molar-refractivity contribution in [2.24, 2.45) is 0 Å². The average molecular weight is 462 g/mol. The number of amides is 2. The van der Waals surface area contributed by atoms with Crippen molar-refractivity contribution in [1.82, 2.24) is 10.2 Å². The van der Waals surface area contributed by atoms with Gasteiger partial charge in [0.1, 0.15) is 11.6 Å². The van der Waals surface area contributed by atoms with Gasteiger partial charge >= 0.3 is 6.09 Å². The zero-order valence-electron chi connectivity index (χ0n) is 16.5. The molecule has 3 atom stereocenters. The van der Waals surface area contributed by atoms with Crippen LogP contribution in [0.25, 0.3) is 0 Å². The van der Waals surface area contributed by atoms with Crippen molar-refractivity contribution in [2.75, 3.05) is 6.54 Å². The third-order valence-electron chi connectivity index (χ3n) is 5.34. The van der Waals surface area contributed by atoms with E-state index in [-0.39, 0.29) is 22.9 Å². The molecular weight excluding hydrogens is 442 g/mol. The summed E-state index contributed by atoms with van der Waals surface area (Å²) in [6, 6.07) is 15.2. The Morgan fingerprint density at radius 2 is 1.81 bits per heavy atom. The van der Waals surface area contributed by atoms with Crippen LogP contribution in [-0.4, -0.2) is 48.3 Å². The molecule has 10 heteroatoms. The number of nitriles is 1. The van der Waals surface area contributed by atoms with Gasteiger partial charge in [0.05, 0.1) is 21.2 Å². The zero-order chi connectivity index (χ0) is 22.8. The van der Waals surface area contributed by atoms with Crippen LogP contribution >= 0.6 is 11.6 Å². The van der Waals surface area contributed by atoms with Crippen LogP contribution in [0, 0.1) is 11.3 Å². The number of rotatable bonds is 5. The molecule has 2 aromatic rings. The van der Waals surface area contributed by atoms with E-state index >= 15 is 0 Å². The Hall–Kier alpha value is -3.09. The summed E-state index contributed by atoms with van der Waals surface area (Å²) in [6.45, 7) is 1.12. The first-order valence-corrected chi connectivity index (χ1v) is 11.3. The normalized spacial score (nSPS) is 20.5. The quantitative estimate of drug-likeness (QED) is 0.704. The Balaban J connectivity index is 1.89. The summed E-state index contributed by atoms with van der Waals surface area (Å²) in [4.78, 5) is 25.4. The predicted molar refractivity (Wildman–Crippen MR) is 113 cm³/mol. The van der Waals surface area contributed by atoms with Crippen LogP contribution in [0.1, 0.15) is 18.9 Å². The molecule has 1 heterocycles. The number of carbonyl (C=O) groups excluding carboxylic acids is 1. The summed E-state index contributed by atoms with van der Waals surface area (Å²) in [7, 11) is -3.99. The largest absolute Gasteiger partial charge is 0.465 e. The molecule has 0 bridgehead atoms. The van der Waals surface area contributed by atoms with Gasteiger partial charge in [-0.3, -0.25) is 9.69 Å². The molecule has 1 saturated heterocycles. The summed E-state index contributed by atoms with van der Waals surface area (Å²) in [5, 5.41) is 20.7. The van der Waals surface area contributed by atoms with Crippen molar-refractivity contribution in [3.8, 4) is 6.07 Å². The molecular formula is C21H20ClN3O5S. The summed E-state index contributed by atoms with van der Waals surface area (Å²) < 4.78 is 26.1. The molecule has 1 fully saturated rings. The molecule has 8 nitrogen and oxygen atoms in total. The minimum Gasteiger partial charge on any atom is -0.465 e. The van der Waals surface area contributed by atoms with E-state index in [1.54, 1.807) is 36.4 Å². The Kier molecular flexibility index (Phi) is 6.25. The Morgan fingerprint density at radius 1 is 1.19 bits per heavy atom. The number of carbonyl (C=O) groups is 2. The average Bonchev–Trinajstić information content (AvgIpc) is 3.21. The molecule has 162 valence electrons. The van der Waals surface area contributed by atoms with Crippen LogP contribution in [0.3, 0.4) is 0 Å². The van der Waals surface area contributed by atoms with Gasteiger partial charge in [-0.15, -0.1) is 0 Å². The lowest BCUT2D eigenvalue weighted by Gasteiger charge is -2.28. The number of hydrogen-bond donors (Lipinski definition) is 2. The fraction of sp³-hybridized carbons (Fsp3) is 0.286. The summed E-state index contributed by atoms with van der Waals surface area (Å²) in [5.41, 5.74) is -0.895. The fourth-order valence-corrected chi connectivity index (χ4v) is 5.82. The molecule has 0 aliphatic carbocycles. The van der Waals surface area contributed by atoms with E-state index in [0.717, 1.165) is 4.90 Å². The second-order valence-corrected chi connectivity index (χ2v) is 9.98. The molecule has 2 aromatic carbocycles. The van der Waals surface area contributed by atoms with E-state index in [1.807, 2.05) is 6.07 Å². The highest BCUT2D eigenvalue weighted by molar-refractivity contribution is 7.92. The van der Waals surface area contributed by atoms with Crippen molar-refractivity contribution in [1.29, 1.82) is 5.26 Å². The van der Waals surface area contributed by atoms with E-state index in [0.29, 0.717) is 5.56 Å². The second-order valence-electron chi connectivity index (χ2n) is 7.38. The number of sulfone groups is 1. The highest BCUT2D eigenvalue weighted by atomic mass is 35.5. The standard InChI is InChI=1S/C21H20ClN3O5S/c1-21(13-23,14-7-3-2-4-8-14)24-19(26)17-11-15(12-25(17)20(27)28)31(29,30)18-10-6-5-9-16(18)22/h2-10,15,17H,11-12H2,1H3,(H,24,26)(H,27,28)/t15-,17+,21?/m1/s1. The summed E-state index contributed by atoms with van der Waals surface area (Å²) in [6.07, 6.45) is -1.67. The minimum absolute atomic E-state index is 0.0263. The fourth-order valence-electron chi connectivity index (χ4n) is 3.60. The number of likely N-dealkylation sites (tertiary alicyclic amines) is 1.